The summed E-state index contributed by atoms with van der Waals surface area (Å²) >= 11 is 0.194. The number of rotatable bonds is 0. The Hall–Kier alpha value is 1.95. The second-order valence-corrected chi connectivity index (χ2v) is 0. The van der Waals surface area contributed by atoms with E-state index in [4.69, 9.17) is 3.25 Å². The molecule has 28 valence electrons. The fourth-order valence-electron chi connectivity index (χ4n) is 0. The third kappa shape index (κ3) is 24.4. The molecule has 5 heteroatoms. The van der Waals surface area contributed by atoms with Gasteiger partial charge in [0.2, 0.25) is 0 Å². The van der Waals surface area contributed by atoms with E-state index in [-0.39, 0.29) is 70.6 Å². The molecule has 0 aliphatic rings. The summed E-state index contributed by atoms with van der Waals surface area (Å²) in [6, 6.07) is 0. The van der Waals surface area contributed by atoms with Gasteiger partial charge in [-0.15, -0.1) is 0 Å². The van der Waals surface area contributed by atoms with Crippen molar-refractivity contribution in [1.29, 1.82) is 0 Å². The van der Waals surface area contributed by atoms with Crippen LogP contribution in [-0.4, -0.2) is 5.48 Å². The fourth-order valence-corrected chi connectivity index (χ4v) is 0. The molecule has 0 aromatic heterocycles. The Kier molecular flexibility index (Phi) is 216. The van der Waals surface area contributed by atoms with Crippen LogP contribution in [0.2, 0.25) is 0 Å². The smallest absolute Gasteiger partial charge is 0 e. The Morgan fingerprint density at radius 1 is 1.20 bits per heavy atom. The molecule has 1 radical (unpaired) electrons. The van der Waals surface area contributed by atoms with Gasteiger partial charge >= 0.3 is 24.3 Å². The first kappa shape index (κ1) is 28.2. The third-order valence-electron chi connectivity index (χ3n) is 0. The van der Waals surface area contributed by atoms with Crippen LogP contribution in [0.5, 0.6) is 0 Å². The molecular formula is H2O2Ta2Ti. The molecule has 0 aliphatic carbocycles. The van der Waals surface area contributed by atoms with Crippen molar-refractivity contribution < 1.29 is 73.9 Å². The Balaban J connectivity index is -0.00000000167. The van der Waals surface area contributed by atoms with Crippen LogP contribution in [-0.2, 0) is 68.4 Å². The summed E-state index contributed by atoms with van der Waals surface area (Å²) in [7, 11) is 0. The molecule has 0 saturated heterocycles. The maximum atomic E-state index is 8.36. The first-order chi connectivity index (χ1) is 1.00. The summed E-state index contributed by atoms with van der Waals surface area (Å²) in [6.07, 6.45) is 0. The van der Waals surface area contributed by atoms with E-state index in [0.29, 0.717) is 0 Å². The maximum Gasteiger partial charge on any atom is 0 e. The fraction of sp³-hybridized carbons (Fsp3) is 0. The molecular weight excluding hydrogens is 442 g/mol. The maximum absolute atomic E-state index is 8.36. The number of hydrogen-bond donors (Lipinski definition) is 0. The average Bonchev–Trinajstić information content (AvgIpc) is 1.00. The molecule has 5 heavy (non-hydrogen) atoms. The zero-order chi connectivity index (χ0) is 2.00. The van der Waals surface area contributed by atoms with Crippen LogP contribution in [0, 0.1) is 0 Å². The minimum absolute atomic E-state index is 0. The normalized spacial score (nSPS) is 0.600. The van der Waals surface area contributed by atoms with Gasteiger partial charge in [0.25, 0.3) is 0 Å². The van der Waals surface area contributed by atoms with Gasteiger partial charge in [0.15, 0.2) is 0 Å². The largest absolute Gasteiger partial charge is 0 e. The van der Waals surface area contributed by atoms with Crippen molar-refractivity contribution in [2.75, 3.05) is 0 Å². The van der Waals surface area contributed by atoms with Crippen LogP contribution in [0.4, 0.5) is 0 Å². The molecule has 0 amide bonds. The molecule has 0 spiro atoms. The molecule has 0 aromatic carbocycles. The Morgan fingerprint density at radius 2 is 1.20 bits per heavy atom. The molecule has 0 atom stereocenters. The summed E-state index contributed by atoms with van der Waals surface area (Å²) in [5, 5.41) is 0. The van der Waals surface area contributed by atoms with Gasteiger partial charge in [0.05, 0.1) is 0 Å². The Morgan fingerprint density at radius 3 is 1.20 bits per heavy atom. The van der Waals surface area contributed by atoms with E-state index >= 15 is 0 Å². The van der Waals surface area contributed by atoms with E-state index in [1.807, 2.05) is 0 Å². The monoisotopic (exact) mass is 444 g/mol. The Bertz CT molecular complexity index is 7.61. The van der Waals surface area contributed by atoms with Crippen LogP contribution in [0.25, 0.3) is 0 Å². The van der Waals surface area contributed by atoms with Crippen molar-refractivity contribution in [3.05, 3.63) is 0 Å². The summed E-state index contributed by atoms with van der Waals surface area (Å²) in [5.74, 6) is 0. The summed E-state index contributed by atoms with van der Waals surface area (Å²) < 4.78 is 8.36. The molecule has 0 bridgehead atoms. The predicted octanol–water partition coefficient (Wildman–Crippen LogP) is -0.951. The topological polar surface area (TPSA) is 48.6 Å². The van der Waals surface area contributed by atoms with Gasteiger partial charge < -0.3 is 5.48 Å². The zero-order valence-corrected chi connectivity index (χ0v) is 10.3. The first-order valence-corrected chi connectivity index (χ1v) is 1.49. The zero-order valence-electron chi connectivity index (χ0n) is 2.30. The van der Waals surface area contributed by atoms with Crippen molar-refractivity contribution in [1.82, 2.24) is 0 Å². The SMILES string of the molecule is O.[O]=[Ta].[Ta].[Ti]. The minimum Gasteiger partial charge on any atom is 0 e. The molecule has 0 unspecified atom stereocenters. The summed E-state index contributed by atoms with van der Waals surface area (Å²) in [6.45, 7) is 0. The van der Waals surface area contributed by atoms with Crippen LogP contribution >= 0.6 is 0 Å². The van der Waals surface area contributed by atoms with Crippen molar-refractivity contribution >= 4 is 0 Å². The third-order valence-corrected chi connectivity index (χ3v) is 0. The second-order valence-electron chi connectivity index (χ2n) is 0. The van der Waals surface area contributed by atoms with Crippen molar-refractivity contribution in [3.8, 4) is 0 Å². The van der Waals surface area contributed by atoms with E-state index < -0.39 is 0 Å². The van der Waals surface area contributed by atoms with Crippen LogP contribution < -0.4 is 0 Å². The Labute approximate surface area is 73.0 Å². The van der Waals surface area contributed by atoms with Gasteiger partial charge in [0, 0.05) is 44.1 Å². The molecule has 0 aliphatic heterocycles. The van der Waals surface area contributed by atoms with Gasteiger partial charge in [-0.3, -0.25) is 0 Å². The van der Waals surface area contributed by atoms with E-state index in [1.165, 1.54) is 0 Å². The quantitative estimate of drug-likeness (QED) is 0.445. The van der Waals surface area contributed by atoms with Gasteiger partial charge in [-0.1, -0.05) is 0 Å². The van der Waals surface area contributed by atoms with Gasteiger partial charge in [-0.25, -0.2) is 0 Å². The molecule has 0 aromatic rings. The van der Waals surface area contributed by atoms with Crippen molar-refractivity contribution in [2.24, 2.45) is 0 Å². The summed E-state index contributed by atoms with van der Waals surface area (Å²) in [4.78, 5) is 0. The first-order valence-electron chi connectivity index (χ1n) is 0.183. The average molecular weight is 444 g/mol. The molecule has 0 rings (SSSR count). The van der Waals surface area contributed by atoms with Crippen LogP contribution in [0.1, 0.15) is 0 Å². The van der Waals surface area contributed by atoms with E-state index in [9.17, 15) is 0 Å². The van der Waals surface area contributed by atoms with Crippen molar-refractivity contribution in [3.63, 3.8) is 0 Å². The van der Waals surface area contributed by atoms with Crippen LogP contribution in [0.15, 0.2) is 0 Å². The van der Waals surface area contributed by atoms with Gasteiger partial charge in [0.1, 0.15) is 0 Å². The molecule has 0 saturated carbocycles. The van der Waals surface area contributed by atoms with E-state index in [1.54, 1.807) is 0 Å². The molecule has 0 fully saturated rings. The van der Waals surface area contributed by atoms with Crippen LogP contribution in [0.3, 0.4) is 0 Å². The minimum atomic E-state index is 0. The van der Waals surface area contributed by atoms with E-state index in [2.05, 4.69) is 0 Å². The summed E-state index contributed by atoms with van der Waals surface area (Å²) in [5.41, 5.74) is 0. The van der Waals surface area contributed by atoms with E-state index in [0.717, 1.165) is 0 Å². The standard InChI is InChI=1S/H2O.O.2Ta.Ti/h1H2;;;;. The predicted molar refractivity (Wildman–Crippen MR) is 4.30 cm³/mol. The molecule has 0 heterocycles. The molecule has 2 N–H and O–H groups in total. The second kappa shape index (κ2) is 38.3. The molecule has 2 nitrogen and oxygen atoms in total. The van der Waals surface area contributed by atoms with Gasteiger partial charge in [-0.05, 0) is 0 Å². The number of hydrogen-bond acceptors (Lipinski definition) is 1. The van der Waals surface area contributed by atoms with Gasteiger partial charge in [-0.2, -0.15) is 0 Å². The van der Waals surface area contributed by atoms with Crippen molar-refractivity contribution in [2.45, 2.75) is 0 Å².